The molecule has 6 nitrogen and oxygen atoms in total. The molecule has 0 aliphatic rings. The van der Waals surface area contributed by atoms with Gasteiger partial charge >= 0.3 is 12.1 Å². The molecule has 0 fully saturated rings. The van der Waals surface area contributed by atoms with E-state index in [9.17, 15) is 9.59 Å². The Kier molecular flexibility index (Phi) is 4.80. The summed E-state index contributed by atoms with van der Waals surface area (Å²) < 4.78 is 0. The minimum atomic E-state index is -0.505. The lowest BCUT2D eigenvalue weighted by Gasteiger charge is -2.11. The van der Waals surface area contributed by atoms with Crippen molar-refractivity contribution >= 4 is 17.7 Å². The fourth-order valence-electron chi connectivity index (χ4n) is 1.10. The third-order valence-electron chi connectivity index (χ3n) is 1.74. The lowest BCUT2D eigenvalue weighted by Crippen LogP contribution is -2.49. The fraction of sp³-hybridized carbons (Fsp3) is 0.273. The van der Waals surface area contributed by atoms with Gasteiger partial charge in [0.25, 0.3) is 0 Å². The number of carbonyl (C=O) groups excluding carboxylic acids is 2. The number of anilines is 1. The maximum absolute atomic E-state index is 11.3. The van der Waals surface area contributed by atoms with Gasteiger partial charge in [-0.25, -0.2) is 20.4 Å². The molecule has 0 aromatic heterocycles. The summed E-state index contributed by atoms with van der Waals surface area (Å²) in [5.41, 5.74) is 5.10. The van der Waals surface area contributed by atoms with Crippen molar-refractivity contribution in [3.8, 4) is 0 Å². The van der Waals surface area contributed by atoms with Crippen LogP contribution in [0, 0.1) is 0 Å². The van der Waals surface area contributed by atoms with Crippen molar-refractivity contribution in [2.75, 3.05) is 5.32 Å². The second-order valence-corrected chi connectivity index (χ2v) is 3.70. The number of hydrogen-bond acceptors (Lipinski definition) is 2. The summed E-state index contributed by atoms with van der Waals surface area (Å²) in [6.07, 6.45) is 0. The first kappa shape index (κ1) is 12.8. The fourth-order valence-corrected chi connectivity index (χ4v) is 1.10. The Hall–Kier alpha value is -2.24. The van der Waals surface area contributed by atoms with Crippen LogP contribution in [-0.4, -0.2) is 18.1 Å². The van der Waals surface area contributed by atoms with E-state index in [-0.39, 0.29) is 6.04 Å². The van der Waals surface area contributed by atoms with Gasteiger partial charge in [0.05, 0.1) is 0 Å². The van der Waals surface area contributed by atoms with Crippen molar-refractivity contribution in [1.29, 1.82) is 0 Å². The van der Waals surface area contributed by atoms with Crippen LogP contribution in [0.1, 0.15) is 13.8 Å². The highest BCUT2D eigenvalue weighted by molar-refractivity contribution is 5.90. The van der Waals surface area contributed by atoms with Crippen molar-refractivity contribution < 1.29 is 9.59 Å². The van der Waals surface area contributed by atoms with Gasteiger partial charge in [0, 0.05) is 11.7 Å². The van der Waals surface area contributed by atoms with E-state index in [4.69, 9.17) is 0 Å². The molecule has 0 spiro atoms. The Morgan fingerprint density at radius 2 is 1.59 bits per heavy atom. The lowest BCUT2D eigenvalue weighted by molar-refractivity contribution is 0.228. The SMILES string of the molecule is CC(C)NC(=O)NNC(=O)Nc1ccccc1. The number of para-hydroxylation sites is 1. The van der Waals surface area contributed by atoms with Crippen LogP contribution < -0.4 is 21.5 Å². The summed E-state index contributed by atoms with van der Waals surface area (Å²) >= 11 is 0. The van der Waals surface area contributed by atoms with Crippen molar-refractivity contribution in [2.24, 2.45) is 0 Å². The zero-order chi connectivity index (χ0) is 12.7. The molecule has 17 heavy (non-hydrogen) atoms. The predicted octanol–water partition coefficient (Wildman–Crippen LogP) is 1.43. The number of nitrogens with one attached hydrogen (secondary N) is 4. The molecule has 4 amide bonds. The van der Waals surface area contributed by atoms with Crippen LogP contribution in [-0.2, 0) is 0 Å². The van der Waals surface area contributed by atoms with Crippen molar-refractivity contribution in [1.82, 2.24) is 16.2 Å². The topological polar surface area (TPSA) is 82.3 Å². The summed E-state index contributed by atoms with van der Waals surface area (Å²) in [4.78, 5) is 22.5. The molecule has 0 aliphatic carbocycles. The van der Waals surface area contributed by atoms with Crippen LogP contribution in [0.2, 0.25) is 0 Å². The quantitative estimate of drug-likeness (QED) is 0.586. The zero-order valence-electron chi connectivity index (χ0n) is 9.78. The third kappa shape index (κ3) is 5.41. The second kappa shape index (κ2) is 6.37. The van der Waals surface area contributed by atoms with Crippen LogP contribution in [0.4, 0.5) is 15.3 Å². The number of hydrazine groups is 1. The maximum Gasteiger partial charge on any atom is 0.337 e. The smallest absolute Gasteiger partial charge is 0.335 e. The van der Waals surface area contributed by atoms with Gasteiger partial charge in [0.1, 0.15) is 0 Å². The number of urea groups is 2. The van der Waals surface area contributed by atoms with E-state index in [2.05, 4.69) is 21.5 Å². The molecule has 0 atom stereocenters. The van der Waals surface area contributed by atoms with Gasteiger partial charge in [-0.05, 0) is 26.0 Å². The van der Waals surface area contributed by atoms with E-state index < -0.39 is 12.1 Å². The van der Waals surface area contributed by atoms with E-state index in [1.54, 1.807) is 24.3 Å². The Morgan fingerprint density at radius 1 is 1.00 bits per heavy atom. The molecule has 6 heteroatoms. The molecule has 4 N–H and O–H groups in total. The molecule has 0 radical (unpaired) electrons. The van der Waals surface area contributed by atoms with E-state index in [1.165, 1.54) is 0 Å². The first-order chi connectivity index (χ1) is 8.08. The van der Waals surface area contributed by atoms with Crippen molar-refractivity contribution in [3.05, 3.63) is 30.3 Å². The van der Waals surface area contributed by atoms with E-state index in [1.807, 2.05) is 19.9 Å². The summed E-state index contributed by atoms with van der Waals surface area (Å²) in [6.45, 7) is 3.65. The predicted molar refractivity (Wildman–Crippen MR) is 65.4 cm³/mol. The van der Waals surface area contributed by atoms with Gasteiger partial charge in [-0.3, -0.25) is 0 Å². The molecular formula is C11H16N4O2. The van der Waals surface area contributed by atoms with E-state index in [0.29, 0.717) is 5.69 Å². The van der Waals surface area contributed by atoms with Gasteiger partial charge in [0.2, 0.25) is 0 Å². The highest BCUT2D eigenvalue weighted by Crippen LogP contribution is 2.03. The maximum atomic E-state index is 11.3. The van der Waals surface area contributed by atoms with Crippen LogP contribution in [0.5, 0.6) is 0 Å². The molecule has 0 unspecified atom stereocenters. The molecule has 0 heterocycles. The second-order valence-electron chi connectivity index (χ2n) is 3.70. The standard InChI is InChI=1S/C11H16N4O2/c1-8(2)12-10(16)14-15-11(17)13-9-6-4-3-5-7-9/h3-8H,1-2H3,(H2,12,14,16)(H2,13,15,17). The highest BCUT2D eigenvalue weighted by Gasteiger charge is 2.04. The zero-order valence-corrected chi connectivity index (χ0v) is 9.78. The number of rotatable bonds is 2. The molecule has 0 saturated heterocycles. The molecule has 1 aromatic rings. The summed E-state index contributed by atoms with van der Waals surface area (Å²) in [5, 5.41) is 5.13. The Balaban J connectivity index is 2.29. The van der Waals surface area contributed by atoms with Gasteiger partial charge in [-0.1, -0.05) is 18.2 Å². The third-order valence-corrected chi connectivity index (χ3v) is 1.74. The average molecular weight is 236 g/mol. The van der Waals surface area contributed by atoms with Crippen LogP contribution in [0.25, 0.3) is 0 Å². The summed E-state index contributed by atoms with van der Waals surface area (Å²) in [6, 6.07) is 7.98. The highest BCUT2D eigenvalue weighted by atomic mass is 16.2. The first-order valence-electron chi connectivity index (χ1n) is 5.26. The van der Waals surface area contributed by atoms with Crippen LogP contribution in [0.3, 0.4) is 0 Å². The van der Waals surface area contributed by atoms with E-state index >= 15 is 0 Å². The van der Waals surface area contributed by atoms with Gasteiger partial charge in [-0.2, -0.15) is 0 Å². The Labute approximate surface area is 99.7 Å². The average Bonchev–Trinajstić information content (AvgIpc) is 2.27. The minimum absolute atomic E-state index is 0.00832. The van der Waals surface area contributed by atoms with E-state index in [0.717, 1.165) is 0 Å². The molecule has 0 aliphatic heterocycles. The summed E-state index contributed by atoms with van der Waals surface area (Å²) in [5.74, 6) is 0. The monoisotopic (exact) mass is 236 g/mol. The van der Waals surface area contributed by atoms with Gasteiger partial charge in [0.15, 0.2) is 0 Å². The molecule has 1 aromatic carbocycles. The van der Waals surface area contributed by atoms with Crippen molar-refractivity contribution in [2.45, 2.75) is 19.9 Å². The molecule has 1 rings (SSSR count). The molecule has 0 saturated carbocycles. The minimum Gasteiger partial charge on any atom is -0.335 e. The summed E-state index contributed by atoms with van der Waals surface area (Å²) in [7, 11) is 0. The van der Waals surface area contributed by atoms with Gasteiger partial charge < -0.3 is 10.6 Å². The first-order valence-corrected chi connectivity index (χ1v) is 5.26. The number of amides is 4. The van der Waals surface area contributed by atoms with Crippen molar-refractivity contribution in [3.63, 3.8) is 0 Å². The number of carbonyl (C=O) groups is 2. The lowest BCUT2D eigenvalue weighted by atomic mass is 10.3. The number of hydrogen-bond donors (Lipinski definition) is 4. The Morgan fingerprint density at radius 3 is 2.18 bits per heavy atom. The Bertz CT molecular complexity index is 378. The normalized spacial score (nSPS) is 9.59. The van der Waals surface area contributed by atoms with Gasteiger partial charge in [-0.15, -0.1) is 0 Å². The largest absolute Gasteiger partial charge is 0.337 e. The number of benzene rings is 1. The van der Waals surface area contributed by atoms with Crippen LogP contribution >= 0.6 is 0 Å². The molecular weight excluding hydrogens is 220 g/mol. The molecule has 0 bridgehead atoms. The molecule has 92 valence electrons. The van der Waals surface area contributed by atoms with Crippen LogP contribution in [0.15, 0.2) is 30.3 Å².